The van der Waals surface area contributed by atoms with E-state index in [4.69, 9.17) is 4.74 Å². The van der Waals surface area contributed by atoms with Crippen molar-refractivity contribution in [1.29, 1.82) is 0 Å². The van der Waals surface area contributed by atoms with Gasteiger partial charge < -0.3 is 14.6 Å². The van der Waals surface area contributed by atoms with Crippen LogP contribution in [0.1, 0.15) is 63.7 Å². The zero-order valence-electron chi connectivity index (χ0n) is 19.6. The van der Waals surface area contributed by atoms with Gasteiger partial charge in [-0.15, -0.1) is 10.2 Å². The van der Waals surface area contributed by atoms with Crippen LogP contribution >= 0.6 is 11.8 Å². The first-order valence-corrected chi connectivity index (χ1v) is 11.8. The van der Waals surface area contributed by atoms with Crippen molar-refractivity contribution in [2.75, 3.05) is 5.75 Å². The van der Waals surface area contributed by atoms with Gasteiger partial charge in [-0.25, -0.2) is 0 Å². The summed E-state index contributed by atoms with van der Waals surface area (Å²) in [7, 11) is 1.89. The van der Waals surface area contributed by atoms with Crippen molar-refractivity contribution in [2.24, 2.45) is 7.05 Å². The van der Waals surface area contributed by atoms with Gasteiger partial charge in [0, 0.05) is 7.05 Å². The maximum atomic E-state index is 12.4. The molecule has 0 unspecified atom stereocenters. The lowest BCUT2D eigenvalue weighted by Gasteiger charge is -2.20. The Kier molecular flexibility index (Phi) is 7.61. The first-order valence-electron chi connectivity index (χ1n) is 10.8. The molecule has 0 saturated heterocycles. The highest BCUT2D eigenvalue weighted by atomic mass is 32.2. The van der Waals surface area contributed by atoms with Gasteiger partial charge in [0.2, 0.25) is 5.91 Å². The van der Waals surface area contributed by atoms with Gasteiger partial charge in [-0.1, -0.05) is 75.0 Å². The minimum absolute atomic E-state index is 0.0425. The molecule has 0 saturated carbocycles. The van der Waals surface area contributed by atoms with Crippen LogP contribution in [0, 0.1) is 0 Å². The Morgan fingerprint density at radius 3 is 2.34 bits per heavy atom. The van der Waals surface area contributed by atoms with Gasteiger partial charge in [0.1, 0.15) is 5.75 Å². The number of carbonyl (C=O) groups is 1. The number of amides is 1. The fraction of sp³-hybridized carbons (Fsp3) is 0.400. The van der Waals surface area contributed by atoms with E-state index in [9.17, 15) is 4.79 Å². The van der Waals surface area contributed by atoms with Crippen LogP contribution in [0.3, 0.4) is 0 Å². The Morgan fingerprint density at radius 1 is 1.06 bits per heavy atom. The second-order valence-corrected chi connectivity index (χ2v) is 9.87. The zero-order chi connectivity index (χ0) is 23.3. The first-order chi connectivity index (χ1) is 15.1. The highest BCUT2D eigenvalue weighted by Gasteiger charge is 2.19. The second kappa shape index (κ2) is 10.2. The summed E-state index contributed by atoms with van der Waals surface area (Å²) in [6, 6.07) is 18.0. The molecular weight excluding hydrogens is 420 g/mol. The first kappa shape index (κ1) is 23.9. The molecule has 0 bridgehead atoms. The lowest BCUT2D eigenvalue weighted by molar-refractivity contribution is -0.119. The van der Waals surface area contributed by atoms with Crippen molar-refractivity contribution in [3.8, 4) is 5.75 Å². The summed E-state index contributed by atoms with van der Waals surface area (Å²) < 4.78 is 7.96. The molecular formula is C25H32N4O2S. The van der Waals surface area contributed by atoms with Crippen LogP contribution in [0.5, 0.6) is 5.75 Å². The molecule has 2 atom stereocenters. The fourth-order valence-corrected chi connectivity index (χ4v) is 4.06. The molecule has 1 amide bonds. The minimum Gasteiger partial charge on any atom is -0.483 e. The van der Waals surface area contributed by atoms with E-state index in [-0.39, 0.29) is 29.2 Å². The number of ether oxygens (including phenoxy) is 1. The van der Waals surface area contributed by atoms with Crippen molar-refractivity contribution < 1.29 is 9.53 Å². The van der Waals surface area contributed by atoms with Gasteiger partial charge in [0.05, 0.1) is 11.8 Å². The molecule has 0 radical (unpaired) electrons. The smallest absolute Gasteiger partial charge is 0.230 e. The summed E-state index contributed by atoms with van der Waals surface area (Å²) in [5.41, 5.74) is 2.44. The van der Waals surface area contributed by atoms with Crippen molar-refractivity contribution in [2.45, 2.75) is 57.3 Å². The molecule has 1 N–H and O–H groups in total. The number of carbonyl (C=O) groups excluding carboxylic acids is 1. The Bertz CT molecular complexity index is 1030. The van der Waals surface area contributed by atoms with Crippen molar-refractivity contribution >= 4 is 17.7 Å². The SMILES string of the molecule is C[C@H](NC(=O)CSc1nnc([C@@H](C)Oc2ccc(C(C)(C)C)cc2)n1C)c1ccccc1. The average molecular weight is 453 g/mol. The Labute approximate surface area is 194 Å². The number of rotatable bonds is 8. The molecule has 0 spiro atoms. The monoisotopic (exact) mass is 452 g/mol. The molecule has 170 valence electrons. The van der Waals surface area contributed by atoms with Crippen LogP contribution in [-0.4, -0.2) is 26.4 Å². The summed E-state index contributed by atoms with van der Waals surface area (Å²) in [5.74, 6) is 1.73. The molecule has 3 rings (SSSR count). The van der Waals surface area contributed by atoms with Crippen LogP contribution in [0.25, 0.3) is 0 Å². The molecule has 6 nitrogen and oxygen atoms in total. The quantitative estimate of drug-likeness (QED) is 0.475. The molecule has 7 heteroatoms. The van der Waals surface area contributed by atoms with Crippen molar-refractivity contribution in [3.63, 3.8) is 0 Å². The number of thioether (sulfide) groups is 1. The molecule has 32 heavy (non-hydrogen) atoms. The summed E-state index contributed by atoms with van der Waals surface area (Å²) in [6.07, 6.45) is -0.269. The molecule has 0 aliphatic heterocycles. The number of benzene rings is 2. The fourth-order valence-electron chi connectivity index (χ4n) is 3.33. The van der Waals surface area contributed by atoms with Crippen LogP contribution in [0.4, 0.5) is 0 Å². The van der Waals surface area contributed by atoms with Crippen LogP contribution in [-0.2, 0) is 17.3 Å². The van der Waals surface area contributed by atoms with Gasteiger partial charge in [-0.3, -0.25) is 4.79 Å². The van der Waals surface area contributed by atoms with E-state index in [0.29, 0.717) is 11.0 Å². The molecule has 0 aliphatic rings. The predicted octanol–water partition coefficient (Wildman–Crippen LogP) is 5.22. The molecule has 0 fully saturated rings. The van der Waals surface area contributed by atoms with Gasteiger partial charge in [-0.05, 0) is 42.5 Å². The van der Waals surface area contributed by atoms with E-state index in [1.54, 1.807) is 0 Å². The lowest BCUT2D eigenvalue weighted by Crippen LogP contribution is -2.28. The summed E-state index contributed by atoms with van der Waals surface area (Å²) in [5, 5.41) is 12.2. The van der Waals surface area contributed by atoms with Gasteiger partial charge in [0.25, 0.3) is 0 Å². The summed E-state index contributed by atoms with van der Waals surface area (Å²) in [6.45, 7) is 10.5. The van der Waals surface area contributed by atoms with E-state index in [1.807, 2.05) is 67.9 Å². The van der Waals surface area contributed by atoms with E-state index < -0.39 is 0 Å². The number of nitrogens with one attached hydrogen (secondary N) is 1. The van der Waals surface area contributed by atoms with E-state index in [0.717, 1.165) is 11.3 Å². The highest BCUT2D eigenvalue weighted by molar-refractivity contribution is 7.99. The second-order valence-electron chi connectivity index (χ2n) is 8.92. The third-order valence-corrected chi connectivity index (χ3v) is 6.30. The third kappa shape index (κ3) is 6.13. The normalized spacial score (nSPS) is 13.4. The number of aromatic nitrogens is 3. The van der Waals surface area contributed by atoms with E-state index in [1.165, 1.54) is 17.3 Å². The van der Waals surface area contributed by atoms with Crippen molar-refractivity contribution in [3.05, 3.63) is 71.5 Å². The molecule has 1 aromatic heterocycles. The number of nitrogens with zero attached hydrogens (tertiary/aromatic N) is 3. The van der Waals surface area contributed by atoms with Gasteiger partial charge in [-0.2, -0.15) is 0 Å². The number of hydrogen-bond donors (Lipinski definition) is 1. The minimum atomic E-state index is -0.269. The summed E-state index contributed by atoms with van der Waals surface area (Å²) >= 11 is 1.36. The zero-order valence-corrected chi connectivity index (χ0v) is 20.4. The average Bonchev–Trinajstić information content (AvgIpc) is 3.13. The topological polar surface area (TPSA) is 69.0 Å². The van der Waals surface area contributed by atoms with Crippen molar-refractivity contribution in [1.82, 2.24) is 20.1 Å². The molecule has 3 aromatic rings. The molecule has 2 aromatic carbocycles. The van der Waals surface area contributed by atoms with Crippen LogP contribution in [0.2, 0.25) is 0 Å². The standard InChI is InChI=1S/C25H32N4O2S/c1-17(19-10-8-7-9-11-19)26-22(30)16-32-24-28-27-23(29(24)6)18(2)31-21-14-12-20(13-15-21)25(3,4)5/h7-15,17-18H,16H2,1-6H3,(H,26,30)/t17-,18+/m0/s1. The maximum Gasteiger partial charge on any atom is 0.230 e. The van der Waals surface area contributed by atoms with E-state index >= 15 is 0 Å². The molecule has 0 aliphatic carbocycles. The Balaban J connectivity index is 1.55. The van der Waals surface area contributed by atoms with E-state index in [2.05, 4.69) is 48.4 Å². The Morgan fingerprint density at radius 2 is 1.72 bits per heavy atom. The molecule has 1 heterocycles. The van der Waals surface area contributed by atoms with Crippen LogP contribution in [0.15, 0.2) is 59.8 Å². The van der Waals surface area contributed by atoms with Gasteiger partial charge in [0.15, 0.2) is 17.1 Å². The lowest BCUT2D eigenvalue weighted by atomic mass is 9.87. The Hall–Kier alpha value is -2.80. The highest BCUT2D eigenvalue weighted by Crippen LogP contribution is 2.27. The largest absolute Gasteiger partial charge is 0.483 e. The summed E-state index contributed by atoms with van der Waals surface area (Å²) in [4.78, 5) is 12.4. The van der Waals surface area contributed by atoms with Gasteiger partial charge >= 0.3 is 0 Å². The third-order valence-electron chi connectivity index (χ3n) is 5.27. The maximum absolute atomic E-state index is 12.4. The number of hydrogen-bond acceptors (Lipinski definition) is 5. The predicted molar refractivity (Wildman–Crippen MR) is 129 cm³/mol. The van der Waals surface area contributed by atoms with Crippen LogP contribution < -0.4 is 10.1 Å².